The quantitative estimate of drug-likeness (QED) is 0.0966. The van der Waals surface area contributed by atoms with Crippen molar-refractivity contribution < 1.29 is 59.4 Å². The van der Waals surface area contributed by atoms with E-state index in [0.29, 0.717) is 11.1 Å². The van der Waals surface area contributed by atoms with Gasteiger partial charge in [-0.2, -0.15) is 17.9 Å². The molecule has 0 aliphatic carbocycles. The van der Waals surface area contributed by atoms with Crippen molar-refractivity contribution >= 4 is 45.9 Å². The van der Waals surface area contributed by atoms with E-state index in [1.54, 1.807) is 13.8 Å². The zero-order valence-electron chi connectivity index (χ0n) is 27.2. The van der Waals surface area contributed by atoms with Gasteiger partial charge >= 0.3 is 25.5 Å². The molecule has 1 aliphatic rings. The van der Waals surface area contributed by atoms with Gasteiger partial charge in [0.15, 0.2) is 0 Å². The van der Waals surface area contributed by atoms with Crippen LogP contribution in [0.15, 0.2) is 69.6 Å². The van der Waals surface area contributed by atoms with E-state index in [2.05, 4.69) is 0 Å². The van der Waals surface area contributed by atoms with Crippen molar-refractivity contribution in [2.75, 3.05) is 21.3 Å². The summed E-state index contributed by atoms with van der Waals surface area (Å²) in [5.74, 6) is -5.40. The minimum Gasteiger partial charge on any atom is -0.608 e. The molecule has 15 nitrogen and oxygen atoms in total. The highest BCUT2D eigenvalue weighted by atomic mass is 32.2. The maximum atomic E-state index is 14.9. The first-order valence-corrected chi connectivity index (χ1v) is 18.4. The maximum Gasteiger partial charge on any atom is 0.449 e. The third-order valence-corrected chi connectivity index (χ3v) is 12.7. The molecule has 0 aromatic heterocycles. The average molecular weight is 717 g/mol. The molecule has 1 heterocycles. The zero-order valence-corrected chi connectivity index (χ0v) is 29.8. The standard InChI is InChI=1S/C29H37N2O13PS2/c1-18(2)43-25(32)24(45(40-7,41-8)42-9)29(27(34)44-19(3)4)26(33)30(46(36,37)22-14-10-20(5)11-15-22)28(35)31(29)47(38,39)23-16-12-21(6)13-17-23/h10-19H,1-9H3/b25-24+. The van der Waals surface area contributed by atoms with Crippen LogP contribution in [0.3, 0.4) is 0 Å². The predicted octanol–water partition coefficient (Wildman–Crippen LogP) is 2.99. The topological polar surface area (TPSA) is 195 Å². The number of imide groups is 1. The molecular weight excluding hydrogens is 679 g/mol. The number of amides is 3. The Morgan fingerprint density at radius 2 is 1.15 bits per heavy atom. The van der Waals surface area contributed by atoms with Crippen molar-refractivity contribution in [3.05, 3.63) is 70.9 Å². The number of carbonyl (C=O) groups is 3. The summed E-state index contributed by atoms with van der Waals surface area (Å²) in [5, 5.41) is 12.8. The molecule has 18 heteroatoms. The number of sulfonamides is 2. The highest BCUT2D eigenvalue weighted by Gasteiger charge is 2.80. The fourth-order valence-corrected chi connectivity index (χ4v) is 9.65. The number of hydrogen-bond acceptors (Lipinski definition) is 13. The summed E-state index contributed by atoms with van der Waals surface area (Å²) >= 11 is 0. The Bertz CT molecular complexity index is 1760. The Labute approximate surface area is 274 Å². The van der Waals surface area contributed by atoms with E-state index < -0.39 is 89.0 Å². The lowest BCUT2D eigenvalue weighted by molar-refractivity contribution is -0.363. The first-order chi connectivity index (χ1) is 21.8. The van der Waals surface area contributed by atoms with Crippen molar-refractivity contribution in [1.82, 2.24) is 8.61 Å². The van der Waals surface area contributed by atoms with E-state index in [4.69, 9.17) is 23.0 Å². The summed E-state index contributed by atoms with van der Waals surface area (Å²) in [6, 6.07) is 7.72. The second kappa shape index (κ2) is 13.9. The monoisotopic (exact) mass is 716 g/mol. The van der Waals surface area contributed by atoms with Crippen molar-refractivity contribution in [1.29, 1.82) is 0 Å². The first kappa shape index (κ1) is 37.9. The lowest BCUT2D eigenvalue weighted by atomic mass is 9.99. The second-order valence-electron chi connectivity index (χ2n) is 10.8. The summed E-state index contributed by atoms with van der Waals surface area (Å²) in [6.45, 7) is 8.77. The number of carbonyl (C=O) groups excluding carboxylic acids is 3. The summed E-state index contributed by atoms with van der Waals surface area (Å²) in [6.07, 6.45) is -2.07. The Morgan fingerprint density at radius 1 is 0.745 bits per heavy atom. The van der Waals surface area contributed by atoms with Crippen LogP contribution in [0, 0.1) is 13.8 Å². The lowest BCUT2D eigenvalue weighted by Gasteiger charge is -2.37. The van der Waals surface area contributed by atoms with Crippen molar-refractivity contribution in [3.8, 4) is 0 Å². The molecule has 258 valence electrons. The molecule has 1 aliphatic heterocycles. The van der Waals surface area contributed by atoms with Crippen molar-refractivity contribution in [2.45, 2.75) is 69.1 Å². The zero-order chi connectivity index (χ0) is 35.7. The van der Waals surface area contributed by atoms with Crippen molar-refractivity contribution in [3.63, 3.8) is 0 Å². The largest absolute Gasteiger partial charge is 0.608 e. The molecule has 0 N–H and O–H groups in total. The normalized spacial score (nSPS) is 18.2. The average Bonchev–Trinajstić information content (AvgIpc) is 3.23. The van der Waals surface area contributed by atoms with Crippen LogP contribution in [0.1, 0.15) is 38.8 Å². The van der Waals surface area contributed by atoms with Gasteiger partial charge in [0.1, 0.15) is 5.95 Å². The molecule has 3 amide bonds. The molecule has 1 atom stereocenters. The second-order valence-corrected chi connectivity index (χ2v) is 16.9. The molecule has 2 aromatic rings. The summed E-state index contributed by atoms with van der Waals surface area (Å²) in [4.78, 5) is 42.5. The number of urea groups is 1. The van der Waals surface area contributed by atoms with Gasteiger partial charge in [0.25, 0.3) is 26.0 Å². The first-order valence-electron chi connectivity index (χ1n) is 14.0. The summed E-state index contributed by atoms with van der Waals surface area (Å²) in [5.41, 5.74) is -2.55. The molecule has 1 unspecified atom stereocenters. The van der Waals surface area contributed by atoms with Crippen LogP contribution >= 0.6 is 7.94 Å². The molecule has 0 bridgehead atoms. The molecule has 3 rings (SSSR count). The molecular formula is C29H37N2O13PS2. The number of rotatable bonds is 13. The Morgan fingerprint density at radius 3 is 1.53 bits per heavy atom. The van der Waals surface area contributed by atoms with Crippen LogP contribution in [-0.4, -0.2) is 82.4 Å². The Hall–Kier alpha value is -3.60. The molecule has 1 saturated heterocycles. The summed E-state index contributed by atoms with van der Waals surface area (Å²) < 4.78 is 83.6. The number of benzene rings is 2. The van der Waals surface area contributed by atoms with Gasteiger partial charge in [-0.3, -0.25) is 4.79 Å². The van der Waals surface area contributed by atoms with Gasteiger partial charge in [-0.15, -0.1) is 4.31 Å². The molecule has 0 spiro atoms. The minimum absolute atomic E-state index is 0.299. The Kier molecular flexibility index (Phi) is 11.2. The van der Waals surface area contributed by atoms with Gasteiger partial charge in [0.05, 0.1) is 37.2 Å². The maximum absolute atomic E-state index is 14.9. The summed E-state index contributed by atoms with van der Waals surface area (Å²) in [7, 11) is -12.4. The molecule has 2 aromatic carbocycles. The molecule has 47 heavy (non-hydrogen) atoms. The predicted molar refractivity (Wildman–Crippen MR) is 166 cm³/mol. The molecule has 0 radical (unpaired) electrons. The Balaban J connectivity index is 2.68. The van der Waals surface area contributed by atoms with E-state index in [1.165, 1.54) is 52.0 Å². The molecule has 0 saturated carbocycles. The number of esters is 1. The van der Waals surface area contributed by atoms with E-state index >= 15 is 0 Å². The fourth-order valence-electron chi connectivity index (χ4n) is 4.66. The van der Waals surface area contributed by atoms with Crippen LogP contribution in [0.5, 0.6) is 0 Å². The van der Waals surface area contributed by atoms with Gasteiger partial charge in [-0.25, -0.2) is 26.4 Å². The highest BCUT2D eigenvalue weighted by Crippen LogP contribution is 2.72. The van der Waals surface area contributed by atoms with Gasteiger partial charge in [-0.1, -0.05) is 49.2 Å². The van der Waals surface area contributed by atoms with E-state index in [9.17, 15) is 36.3 Å². The number of hydrogen-bond donors (Lipinski definition) is 0. The van der Waals surface area contributed by atoms with Gasteiger partial charge in [-0.05, 0) is 58.1 Å². The third-order valence-electron chi connectivity index (χ3n) is 6.78. The third kappa shape index (κ3) is 6.47. The van der Waals surface area contributed by atoms with Gasteiger partial charge in [0.2, 0.25) is 5.31 Å². The van der Waals surface area contributed by atoms with E-state index in [0.717, 1.165) is 45.6 Å². The number of ether oxygens (including phenoxy) is 2. The van der Waals surface area contributed by atoms with E-state index in [1.807, 2.05) is 0 Å². The van der Waals surface area contributed by atoms with Crippen LogP contribution in [0.25, 0.3) is 0 Å². The van der Waals surface area contributed by atoms with Crippen LogP contribution in [0.4, 0.5) is 4.79 Å². The smallest absolute Gasteiger partial charge is 0.449 e. The highest BCUT2D eigenvalue weighted by molar-refractivity contribution is 7.91. The van der Waals surface area contributed by atoms with Crippen LogP contribution in [-0.2, 0) is 52.7 Å². The SMILES string of the molecule is CO[P+](OC)(OC)/C(=C(\[O-])OC(C)C)C1(C(=O)OC(C)C)C(=O)N(S(=O)(=O)c2ccc(C)cc2)C(=O)N1S(=O)(=O)c1ccc(C)cc1. The fraction of sp³-hybridized carbons (Fsp3) is 0.414. The minimum atomic E-state index is -5.42. The van der Waals surface area contributed by atoms with Gasteiger partial charge < -0.3 is 14.6 Å². The van der Waals surface area contributed by atoms with E-state index in [-0.39, 0.29) is 4.31 Å². The van der Waals surface area contributed by atoms with Gasteiger partial charge in [0, 0.05) is 0 Å². The molecule has 1 fully saturated rings. The lowest BCUT2D eigenvalue weighted by Crippen LogP contribution is -2.61. The van der Waals surface area contributed by atoms with Crippen molar-refractivity contribution in [2.24, 2.45) is 0 Å². The van der Waals surface area contributed by atoms with Crippen LogP contribution < -0.4 is 5.11 Å². The van der Waals surface area contributed by atoms with Crippen LogP contribution in [0.2, 0.25) is 0 Å². The number of aryl methyl sites for hydroxylation is 2. The number of nitrogens with zero attached hydrogens (tertiary/aromatic N) is 2.